The van der Waals surface area contributed by atoms with Gasteiger partial charge in [0.1, 0.15) is 0 Å². The van der Waals surface area contributed by atoms with Gasteiger partial charge in [0.25, 0.3) is 0 Å². The first-order valence-corrected chi connectivity index (χ1v) is 7.54. The van der Waals surface area contributed by atoms with Crippen molar-refractivity contribution in [3.63, 3.8) is 0 Å². The minimum Gasteiger partial charge on any atom is -0.397 e. The number of nitrogens with one attached hydrogen (secondary N) is 2. The van der Waals surface area contributed by atoms with E-state index in [-0.39, 0.29) is 4.90 Å². The molecule has 1 aromatic heterocycles. The van der Waals surface area contributed by atoms with E-state index in [1.807, 2.05) is 10.8 Å². The van der Waals surface area contributed by atoms with Crippen molar-refractivity contribution >= 4 is 21.4 Å². The Morgan fingerprint density at radius 1 is 1.40 bits per heavy atom. The van der Waals surface area contributed by atoms with Crippen LogP contribution in [0.3, 0.4) is 0 Å². The topological polar surface area (TPSA) is 102 Å². The zero-order valence-electron chi connectivity index (χ0n) is 11.1. The number of nitrogens with two attached hydrogens (primary N) is 1. The maximum Gasteiger partial charge on any atom is 0.240 e. The highest BCUT2D eigenvalue weighted by Crippen LogP contribution is 2.22. The molecule has 0 amide bonds. The van der Waals surface area contributed by atoms with Gasteiger partial charge in [-0.25, -0.2) is 18.1 Å². The molecule has 7 nitrogen and oxygen atoms in total. The molecule has 108 valence electrons. The molecule has 4 N–H and O–H groups in total. The number of hydrogen-bond donors (Lipinski definition) is 3. The van der Waals surface area contributed by atoms with Gasteiger partial charge in [0.15, 0.2) is 0 Å². The minimum atomic E-state index is -3.47. The summed E-state index contributed by atoms with van der Waals surface area (Å²) in [6.07, 6.45) is 5.27. The van der Waals surface area contributed by atoms with Crippen molar-refractivity contribution in [1.29, 1.82) is 0 Å². The van der Waals surface area contributed by atoms with Crippen LogP contribution in [0.1, 0.15) is 0 Å². The Balaban J connectivity index is 2.09. The molecule has 0 bridgehead atoms. The van der Waals surface area contributed by atoms with Crippen molar-refractivity contribution in [1.82, 2.24) is 14.3 Å². The number of hydrogen-bond acceptors (Lipinski definition) is 5. The van der Waals surface area contributed by atoms with Crippen molar-refractivity contribution in [2.45, 2.75) is 11.4 Å². The molecule has 1 aromatic carbocycles. The molecule has 0 spiro atoms. The van der Waals surface area contributed by atoms with Crippen LogP contribution >= 0.6 is 0 Å². The average molecular weight is 295 g/mol. The van der Waals surface area contributed by atoms with Gasteiger partial charge in [-0.05, 0) is 25.2 Å². The van der Waals surface area contributed by atoms with Gasteiger partial charge in [-0.2, -0.15) is 0 Å². The van der Waals surface area contributed by atoms with Gasteiger partial charge in [-0.3, -0.25) is 0 Å². The fourth-order valence-corrected chi connectivity index (χ4v) is 2.47. The predicted octanol–water partition coefficient (Wildman–Crippen LogP) is 0.485. The molecule has 0 aliphatic heterocycles. The number of anilines is 2. The zero-order chi connectivity index (χ0) is 14.6. The van der Waals surface area contributed by atoms with Gasteiger partial charge < -0.3 is 15.6 Å². The van der Waals surface area contributed by atoms with Gasteiger partial charge in [0.05, 0.1) is 22.6 Å². The number of nitrogen functional groups attached to an aromatic ring is 1. The first kappa shape index (κ1) is 14.4. The van der Waals surface area contributed by atoms with E-state index in [0.717, 1.165) is 0 Å². The van der Waals surface area contributed by atoms with Crippen molar-refractivity contribution in [2.24, 2.45) is 0 Å². The summed E-state index contributed by atoms with van der Waals surface area (Å²) in [6.45, 7) is 1.33. The molecule has 0 aliphatic carbocycles. The summed E-state index contributed by atoms with van der Waals surface area (Å²) in [5.41, 5.74) is 6.94. The lowest BCUT2D eigenvalue weighted by molar-refractivity contribution is 0.588. The second-order valence-corrected chi connectivity index (χ2v) is 6.07. The Morgan fingerprint density at radius 3 is 2.85 bits per heavy atom. The molecule has 0 radical (unpaired) electrons. The van der Waals surface area contributed by atoms with Crippen LogP contribution in [0.25, 0.3) is 0 Å². The summed E-state index contributed by atoms with van der Waals surface area (Å²) in [4.78, 5) is 4.13. The summed E-state index contributed by atoms with van der Waals surface area (Å²) in [5.74, 6) is 0. The maximum atomic E-state index is 11.7. The van der Waals surface area contributed by atoms with Crippen LogP contribution in [0.15, 0.2) is 41.8 Å². The molecule has 0 fully saturated rings. The van der Waals surface area contributed by atoms with Crippen LogP contribution in [0.2, 0.25) is 0 Å². The molecule has 1 heterocycles. The summed E-state index contributed by atoms with van der Waals surface area (Å²) in [7, 11) is -2.09. The van der Waals surface area contributed by atoms with Crippen LogP contribution in [0, 0.1) is 0 Å². The predicted molar refractivity (Wildman–Crippen MR) is 77.8 cm³/mol. The van der Waals surface area contributed by atoms with E-state index < -0.39 is 10.0 Å². The lowest BCUT2D eigenvalue weighted by Gasteiger charge is -2.11. The van der Waals surface area contributed by atoms with Crippen molar-refractivity contribution in [3.8, 4) is 0 Å². The van der Waals surface area contributed by atoms with E-state index in [2.05, 4.69) is 15.0 Å². The third kappa shape index (κ3) is 3.28. The molecule has 2 rings (SSSR count). The molecular formula is C12H17N5O2S. The Morgan fingerprint density at radius 2 is 2.20 bits per heavy atom. The van der Waals surface area contributed by atoms with E-state index in [1.165, 1.54) is 19.2 Å². The second kappa shape index (κ2) is 5.93. The summed E-state index contributed by atoms with van der Waals surface area (Å²) in [5, 5.41) is 3.12. The standard InChI is InChI=1S/C12H17N5O2S/c1-14-20(18,19)10-2-3-11(13)12(8-10)16-5-7-17-6-4-15-9-17/h2-4,6,8-9,14,16H,5,7,13H2,1H3. The van der Waals surface area contributed by atoms with E-state index in [4.69, 9.17) is 5.73 Å². The second-order valence-electron chi connectivity index (χ2n) is 4.18. The van der Waals surface area contributed by atoms with E-state index in [9.17, 15) is 8.42 Å². The Labute approximate surface area is 117 Å². The minimum absolute atomic E-state index is 0.180. The average Bonchev–Trinajstić information content (AvgIpc) is 2.94. The molecule has 0 saturated carbocycles. The number of imidazole rings is 1. The van der Waals surface area contributed by atoms with E-state index in [0.29, 0.717) is 24.5 Å². The van der Waals surface area contributed by atoms with Gasteiger partial charge >= 0.3 is 0 Å². The first-order valence-electron chi connectivity index (χ1n) is 6.05. The van der Waals surface area contributed by atoms with Crippen LogP contribution in [0.5, 0.6) is 0 Å². The lowest BCUT2D eigenvalue weighted by Crippen LogP contribution is -2.19. The third-order valence-electron chi connectivity index (χ3n) is 2.85. The molecule has 8 heteroatoms. The largest absolute Gasteiger partial charge is 0.397 e. The molecular weight excluding hydrogens is 278 g/mol. The number of rotatable bonds is 6. The smallest absolute Gasteiger partial charge is 0.240 e. The SMILES string of the molecule is CNS(=O)(=O)c1ccc(N)c(NCCn2ccnc2)c1. The third-order valence-corrected chi connectivity index (χ3v) is 4.26. The summed E-state index contributed by atoms with van der Waals surface area (Å²) in [6, 6.07) is 4.57. The van der Waals surface area contributed by atoms with Crippen molar-refractivity contribution in [3.05, 3.63) is 36.9 Å². The zero-order valence-corrected chi connectivity index (χ0v) is 11.9. The lowest BCUT2D eigenvalue weighted by atomic mass is 10.2. The summed E-state index contributed by atoms with van der Waals surface area (Å²) < 4.78 is 27.7. The Bertz CT molecular complexity index is 667. The van der Waals surface area contributed by atoms with E-state index >= 15 is 0 Å². The molecule has 0 saturated heterocycles. The highest BCUT2D eigenvalue weighted by molar-refractivity contribution is 7.89. The normalized spacial score (nSPS) is 11.4. The van der Waals surface area contributed by atoms with Crippen molar-refractivity contribution < 1.29 is 8.42 Å². The number of nitrogens with zero attached hydrogens (tertiary/aromatic N) is 2. The van der Waals surface area contributed by atoms with Crippen LogP contribution < -0.4 is 15.8 Å². The molecule has 0 atom stereocenters. The maximum absolute atomic E-state index is 11.7. The van der Waals surface area contributed by atoms with Gasteiger partial charge in [0, 0.05) is 25.5 Å². The fraction of sp³-hybridized carbons (Fsp3) is 0.250. The Hall–Kier alpha value is -2.06. The van der Waals surface area contributed by atoms with Gasteiger partial charge in [-0.1, -0.05) is 0 Å². The Kier molecular flexibility index (Phi) is 4.26. The highest BCUT2D eigenvalue weighted by atomic mass is 32.2. The number of benzene rings is 1. The quantitative estimate of drug-likeness (QED) is 0.673. The monoisotopic (exact) mass is 295 g/mol. The van der Waals surface area contributed by atoms with Gasteiger partial charge in [0.2, 0.25) is 10.0 Å². The molecule has 0 aliphatic rings. The first-order chi connectivity index (χ1) is 9.53. The highest BCUT2D eigenvalue weighted by Gasteiger charge is 2.12. The van der Waals surface area contributed by atoms with Crippen LogP contribution in [-0.2, 0) is 16.6 Å². The van der Waals surface area contributed by atoms with E-state index in [1.54, 1.807) is 18.6 Å². The molecule has 2 aromatic rings. The molecule has 20 heavy (non-hydrogen) atoms. The number of sulfonamides is 1. The summed E-state index contributed by atoms with van der Waals surface area (Å²) >= 11 is 0. The fourth-order valence-electron chi connectivity index (χ4n) is 1.71. The molecule has 0 unspecified atom stereocenters. The van der Waals surface area contributed by atoms with Crippen LogP contribution in [-0.4, -0.2) is 31.6 Å². The van der Waals surface area contributed by atoms with Crippen LogP contribution in [0.4, 0.5) is 11.4 Å². The van der Waals surface area contributed by atoms with Crippen molar-refractivity contribution in [2.75, 3.05) is 24.6 Å². The van der Waals surface area contributed by atoms with Gasteiger partial charge in [-0.15, -0.1) is 0 Å². The number of aromatic nitrogens is 2.